The van der Waals surface area contributed by atoms with Crippen molar-refractivity contribution in [1.82, 2.24) is 0 Å². The molecular formula is C19H16Cl5NO4. The van der Waals surface area contributed by atoms with Crippen LogP contribution in [0, 0.1) is 0 Å². The van der Waals surface area contributed by atoms with Gasteiger partial charge in [0.15, 0.2) is 5.75 Å². The topological polar surface area (TPSA) is 56.8 Å². The summed E-state index contributed by atoms with van der Waals surface area (Å²) in [5.41, 5.74) is 0.584. The Balaban J connectivity index is 1.73. The van der Waals surface area contributed by atoms with Gasteiger partial charge in [-0.15, -0.1) is 0 Å². The van der Waals surface area contributed by atoms with Gasteiger partial charge in [-0.1, -0.05) is 58.0 Å². The van der Waals surface area contributed by atoms with Crippen LogP contribution in [0.25, 0.3) is 0 Å². The molecule has 0 spiro atoms. The molecule has 0 aliphatic rings. The van der Waals surface area contributed by atoms with Gasteiger partial charge in [-0.3, -0.25) is 5.32 Å². The zero-order valence-corrected chi connectivity index (χ0v) is 18.7. The van der Waals surface area contributed by atoms with Crippen LogP contribution in [0.15, 0.2) is 47.0 Å². The second-order valence-electron chi connectivity index (χ2n) is 5.49. The van der Waals surface area contributed by atoms with Crippen molar-refractivity contribution in [3.05, 3.63) is 62.0 Å². The highest BCUT2D eigenvalue weighted by atomic mass is 35.5. The SMILES string of the molecule is O=C(Nc1ccc(Cl)cc1)OCCCOc1c(Cl)cc(OCC=C(Cl)Cl)cc1Cl. The molecule has 0 aliphatic carbocycles. The first-order valence-electron chi connectivity index (χ1n) is 8.30. The quantitative estimate of drug-likeness (QED) is 0.366. The van der Waals surface area contributed by atoms with Crippen LogP contribution in [0.1, 0.15) is 6.42 Å². The van der Waals surface area contributed by atoms with Crippen LogP contribution in [0.4, 0.5) is 10.5 Å². The van der Waals surface area contributed by atoms with Gasteiger partial charge in [-0.2, -0.15) is 0 Å². The van der Waals surface area contributed by atoms with Gasteiger partial charge in [-0.25, -0.2) is 4.79 Å². The molecule has 156 valence electrons. The molecule has 0 saturated carbocycles. The number of anilines is 1. The van der Waals surface area contributed by atoms with E-state index in [2.05, 4.69) is 5.32 Å². The second kappa shape index (κ2) is 12.3. The zero-order valence-electron chi connectivity index (χ0n) is 14.9. The van der Waals surface area contributed by atoms with Crippen LogP contribution in [0.5, 0.6) is 11.5 Å². The van der Waals surface area contributed by atoms with Gasteiger partial charge < -0.3 is 14.2 Å². The number of carbonyl (C=O) groups is 1. The molecule has 1 N–H and O–H groups in total. The Labute approximate surface area is 193 Å². The van der Waals surface area contributed by atoms with Crippen molar-refractivity contribution in [3.8, 4) is 11.5 Å². The number of halogens is 5. The van der Waals surface area contributed by atoms with Crippen LogP contribution in [0.3, 0.4) is 0 Å². The standard InChI is InChI=1S/C19H16Cl5NO4/c20-12-2-4-13(5-3-12)25-19(26)29-8-1-7-28-18-15(21)10-14(11-16(18)22)27-9-6-17(23)24/h2-6,10-11H,1,7-9H2,(H,25,26). The van der Waals surface area contributed by atoms with E-state index in [0.29, 0.717) is 28.6 Å². The summed E-state index contributed by atoms with van der Waals surface area (Å²) in [6.45, 7) is 0.574. The lowest BCUT2D eigenvalue weighted by Gasteiger charge is -2.12. The largest absolute Gasteiger partial charge is 0.490 e. The smallest absolute Gasteiger partial charge is 0.411 e. The van der Waals surface area contributed by atoms with E-state index in [1.807, 2.05) is 0 Å². The van der Waals surface area contributed by atoms with Crippen molar-refractivity contribution in [2.24, 2.45) is 0 Å². The average molecular weight is 500 g/mol. The molecule has 0 aliphatic heterocycles. The van der Waals surface area contributed by atoms with Crippen molar-refractivity contribution in [2.75, 3.05) is 25.1 Å². The van der Waals surface area contributed by atoms with Gasteiger partial charge in [-0.05, 0) is 30.3 Å². The number of nitrogens with one attached hydrogen (secondary N) is 1. The molecule has 0 bridgehead atoms. The Kier molecular flexibility index (Phi) is 10.0. The van der Waals surface area contributed by atoms with Crippen LogP contribution in [-0.4, -0.2) is 25.9 Å². The Hall–Kier alpha value is -1.50. The fourth-order valence-corrected chi connectivity index (χ4v) is 2.87. The van der Waals surface area contributed by atoms with Crippen LogP contribution >= 0.6 is 58.0 Å². The average Bonchev–Trinajstić information content (AvgIpc) is 2.65. The first-order chi connectivity index (χ1) is 13.8. The minimum atomic E-state index is -0.573. The monoisotopic (exact) mass is 497 g/mol. The number of ether oxygens (including phenoxy) is 3. The molecule has 0 saturated heterocycles. The fraction of sp³-hybridized carbons (Fsp3) is 0.211. The summed E-state index contributed by atoms with van der Waals surface area (Å²) in [6, 6.07) is 9.80. The first-order valence-corrected chi connectivity index (χ1v) is 10.2. The number of hydrogen-bond donors (Lipinski definition) is 1. The lowest BCUT2D eigenvalue weighted by Crippen LogP contribution is -2.15. The molecule has 0 radical (unpaired) electrons. The van der Waals surface area contributed by atoms with Gasteiger partial charge in [0.05, 0.1) is 23.3 Å². The van der Waals surface area contributed by atoms with E-state index in [0.717, 1.165) is 0 Å². The molecule has 0 heterocycles. The summed E-state index contributed by atoms with van der Waals surface area (Å²) in [5, 5.41) is 3.74. The first kappa shape index (κ1) is 23.8. The van der Waals surface area contributed by atoms with E-state index in [1.54, 1.807) is 36.4 Å². The predicted octanol–water partition coefficient (Wildman–Crippen LogP) is 7.36. The summed E-state index contributed by atoms with van der Waals surface area (Å²) < 4.78 is 16.2. The molecule has 2 aromatic carbocycles. The maximum atomic E-state index is 11.7. The fourth-order valence-electron chi connectivity index (χ4n) is 2.04. The highest BCUT2D eigenvalue weighted by molar-refractivity contribution is 6.55. The minimum Gasteiger partial charge on any atom is -0.490 e. The maximum Gasteiger partial charge on any atom is 0.411 e. The summed E-state index contributed by atoms with van der Waals surface area (Å²) in [5.74, 6) is 0.762. The Bertz CT molecular complexity index is 831. The third-order valence-corrected chi connectivity index (χ3v) is 4.44. The second-order valence-corrected chi connectivity index (χ2v) is 7.75. The number of benzene rings is 2. The molecule has 2 rings (SSSR count). The molecule has 0 unspecified atom stereocenters. The molecular weight excluding hydrogens is 483 g/mol. The van der Waals surface area contributed by atoms with Crippen molar-refractivity contribution in [2.45, 2.75) is 6.42 Å². The molecule has 29 heavy (non-hydrogen) atoms. The predicted molar refractivity (Wildman–Crippen MR) is 118 cm³/mol. The van der Waals surface area contributed by atoms with Gasteiger partial charge >= 0.3 is 6.09 Å². The number of amides is 1. The van der Waals surface area contributed by atoms with E-state index in [9.17, 15) is 4.79 Å². The molecule has 0 atom stereocenters. The lowest BCUT2D eigenvalue weighted by molar-refractivity contribution is 0.152. The number of carbonyl (C=O) groups excluding carboxylic acids is 1. The minimum absolute atomic E-state index is 0.103. The molecule has 1 amide bonds. The zero-order chi connectivity index (χ0) is 21.2. The summed E-state index contributed by atoms with van der Waals surface area (Å²) >= 11 is 29.2. The van der Waals surface area contributed by atoms with Crippen molar-refractivity contribution in [3.63, 3.8) is 0 Å². The van der Waals surface area contributed by atoms with Crippen LogP contribution in [0.2, 0.25) is 15.1 Å². The van der Waals surface area contributed by atoms with Gasteiger partial charge in [0.25, 0.3) is 0 Å². The third kappa shape index (κ3) is 8.81. The Morgan fingerprint density at radius 3 is 2.24 bits per heavy atom. The maximum absolute atomic E-state index is 11.7. The highest BCUT2D eigenvalue weighted by Crippen LogP contribution is 2.37. The molecule has 2 aromatic rings. The normalized spacial score (nSPS) is 10.2. The van der Waals surface area contributed by atoms with E-state index >= 15 is 0 Å². The molecule has 0 fully saturated rings. The Morgan fingerprint density at radius 2 is 1.62 bits per heavy atom. The van der Waals surface area contributed by atoms with E-state index in [1.165, 1.54) is 6.08 Å². The lowest BCUT2D eigenvalue weighted by atomic mass is 10.3. The van der Waals surface area contributed by atoms with Gasteiger partial charge in [0.1, 0.15) is 16.8 Å². The van der Waals surface area contributed by atoms with Crippen molar-refractivity contribution >= 4 is 69.8 Å². The van der Waals surface area contributed by atoms with Gasteiger partial charge in [0.2, 0.25) is 0 Å². The third-order valence-electron chi connectivity index (χ3n) is 3.32. The van der Waals surface area contributed by atoms with Crippen molar-refractivity contribution < 1.29 is 19.0 Å². The Morgan fingerprint density at radius 1 is 0.966 bits per heavy atom. The number of rotatable bonds is 9. The molecule has 0 aromatic heterocycles. The van der Waals surface area contributed by atoms with Crippen LogP contribution < -0.4 is 14.8 Å². The highest BCUT2D eigenvalue weighted by Gasteiger charge is 2.11. The van der Waals surface area contributed by atoms with Gasteiger partial charge in [0, 0.05) is 29.3 Å². The summed E-state index contributed by atoms with van der Waals surface area (Å²) in [7, 11) is 0. The number of hydrogen-bond acceptors (Lipinski definition) is 4. The molecule has 5 nitrogen and oxygen atoms in total. The van der Waals surface area contributed by atoms with Crippen LogP contribution in [-0.2, 0) is 4.74 Å². The summed E-state index contributed by atoms with van der Waals surface area (Å²) in [6.07, 6.45) is 1.35. The van der Waals surface area contributed by atoms with E-state index in [4.69, 9.17) is 72.2 Å². The van der Waals surface area contributed by atoms with E-state index in [-0.39, 0.29) is 34.4 Å². The van der Waals surface area contributed by atoms with Crippen molar-refractivity contribution in [1.29, 1.82) is 0 Å². The summed E-state index contributed by atoms with van der Waals surface area (Å²) in [4.78, 5) is 11.7. The molecule has 10 heteroatoms. The van der Waals surface area contributed by atoms with E-state index < -0.39 is 6.09 Å².